The van der Waals surface area contributed by atoms with E-state index < -0.39 is 6.10 Å². The molecule has 0 saturated heterocycles. The Morgan fingerprint density at radius 2 is 0.851 bits per heavy atom. The first-order chi connectivity index (χ1) is 23.1. The average molecular weight is 659 g/mol. The Morgan fingerprint density at radius 1 is 0.489 bits per heavy atom. The molecule has 0 heterocycles. The molecule has 0 unspecified atom stereocenters. The highest BCUT2D eigenvalue weighted by atomic mass is 16.6. The van der Waals surface area contributed by atoms with Crippen LogP contribution in [0.3, 0.4) is 0 Å². The molecule has 1 N–H and O–H groups in total. The summed E-state index contributed by atoms with van der Waals surface area (Å²) in [7, 11) is 0. The molecule has 0 aliphatic heterocycles. The third-order valence-electron chi connectivity index (χ3n) is 8.38. The lowest BCUT2D eigenvalue weighted by atomic mass is 10.0. The van der Waals surface area contributed by atoms with E-state index in [1.807, 2.05) is 0 Å². The van der Waals surface area contributed by atoms with Gasteiger partial charge in [0.05, 0.1) is 6.61 Å². The molecule has 5 nitrogen and oxygen atoms in total. The standard InChI is InChI=1S/C42H74O5/c1-3-5-7-9-11-13-15-17-19-20-21-22-23-25-27-29-31-33-35-37-42(45)47-40(38-43)39-46-41(44)36-34-32-30-28-26-24-18-16-14-12-10-8-6-4-2/h11,13,17,19,21-22,25,27,40,43H,3-10,12,14-16,18,20,23-24,26,28-39H2,1-2H3/b13-11+,19-17+,22-21+,27-25+/t40-/m0/s1. The molecule has 0 radical (unpaired) electrons. The van der Waals surface area contributed by atoms with Gasteiger partial charge in [-0.3, -0.25) is 9.59 Å². The number of unbranched alkanes of at least 4 members (excludes halogenated alkanes) is 19. The van der Waals surface area contributed by atoms with Crippen LogP contribution in [0.2, 0.25) is 0 Å². The molecule has 1 atom stereocenters. The summed E-state index contributed by atoms with van der Waals surface area (Å²) in [5.74, 6) is -0.625. The molecular formula is C42H74O5. The van der Waals surface area contributed by atoms with Crippen molar-refractivity contribution in [2.24, 2.45) is 0 Å². The Bertz CT molecular complexity index is 797. The first-order valence-corrected chi connectivity index (χ1v) is 19.7. The Labute approximate surface area is 290 Å². The Morgan fingerprint density at radius 3 is 1.32 bits per heavy atom. The zero-order valence-electron chi connectivity index (χ0n) is 30.8. The molecule has 0 aliphatic rings. The van der Waals surface area contributed by atoms with Crippen LogP contribution in [-0.4, -0.2) is 36.4 Å². The summed E-state index contributed by atoms with van der Waals surface area (Å²) in [5.41, 5.74) is 0. The van der Waals surface area contributed by atoms with E-state index in [0.29, 0.717) is 12.8 Å². The van der Waals surface area contributed by atoms with Crippen LogP contribution in [0.1, 0.15) is 187 Å². The van der Waals surface area contributed by atoms with Crippen molar-refractivity contribution in [2.75, 3.05) is 13.2 Å². The Balaban J connectivity index is 3.63. The Hall–Kier alpha value is -2.14. The second kappa shape index (κ2) is 38.3. The molecule has 0 amide bonds. The van der Waals surface area contributed by atoms with E-state index in [-0.39, 0.29) is 25.2 Å². The van der Waals surface area contributed by atoms with Gasteiger partial charge >= 0.3 is 11.9 Å². The van der Waals surface area contributed by atoms with Crippen molar-refractivity contribution < 1.29 is 24.2 Å². The van der Waals surface area contributed by atoms with Gasteiger partial charge in [0.1, 0.15) is 6.61 Å². The van der Waals surface area contributed by atoms with Gasteiger partial charge in [0.25, 0.3) is 0 Å². The highest BCUT2D eigenvalue weighted by Gasteiger charge is 2.16. The number of esters is 2. The summed E-state index contributed by atoms with van der Waals surface area (Å²) in [5, 5.41) is 9.54. The third kappa shape index (κ3) is 36.5. The fraction of sp³-hybridized carbons (Fsp3) is 0.762. The SMILES string of the molecule is CCCCC/C=C/C/C=C/C/C=C/C/C=C/CCCCCC(=O)O[C@@H](CO)COC(=O)CCCCCCCCCCCCCCCC. The summed E-state index contributed by atoms with van der Waals surface area (Å²) < 4.78 is 10.6. The van der Waals surface area contributed by atoms with E-state index >= 15 is 0 Å². The third-order valence-corrected chi connectivity index (χ3v) is 8.38. The number of carbonyl (C=O) groups excluding carboxylic acids is 2. The minimum atomic E-state index is -0.786. The first kappa shape index (κ1) is 44.9. The van der Waals surface area contributed by atoms with Crippen molar-refractivity contribution in [2.45, 2.75) is 193 Å². The number of aliphatic hydroxyl groups is 1. The summed E-state index contributed by atoms with van der Waals surface area (Å²) in [6, 6.07) is 0. The van der Waals surface area contributed by atoms with Crippen molar-refractivity contribution in [3.05, 3.63) is 48.6 Å². The lowest BCUT2D eigenvalue weighted by Crippen LogP contribution is -2.28. The van der Waals surface area contributed by atoms with Gasteiger partial charge < -0.3 is 14.6 Å². The topological polar surface area (TPSA) is 72.8 Å². The normalized spacial score (nSPS) is 12.7. The van der Waals surface area contributed by atoms with Gasteiger partial charge in [-0.2, -0.15) is 0 Å². The summed E-state index contributed by atoms with van der Waals surface area (Å²) in [4.78, 5) is 24.2. The van der Waals surface area contributed by atoms with E-state index in [1.54, 1.807) is 0 Å². The second-order valence-electron chi connectivity index (χ2n) is 13.0. The summed E-state index contributed by atoms with van der Waals surface area (Å²) in [6.07, 6.45) is 47.4. The van der Waals surface area contributed by atoms with Crippen LogP contribution in [0, 0.1) is 0 Å². The van der Waals surface area contributed by atoms with Gasteiger partial charge in [-0.05, 0) is 57.8 Å². The van der Waals surface area contributed by atoms with Crippen LogP contribution in [0.5, 0.6) is 0 Å². The van der Waals surface area contributed by atoms with Gasteiger partial charge in [0.15, 0.2) is 6.10 Å². The van der Waals surface area contributed by atoms with Crippen molar-refractivity contribution >= 4 is 11.9 Å². The molecule has 0 fully saturated rings. The first-order valence-electron chi connectivity index (χ1n) is 19.7. The lowest BCUT2D eigenvalue weighted by molar-refractivity contribution is -0.161. The smallest absolute Gasteiger partial charge is 0.306 e. The Kier molecular flexibility index (Phi) is 36.6. The molecule has 0 aromatic heterocycles. The summed E-state index contributed by atoms with van der Waals surface area (Å²) >= 11 is 0. The number of hydrogen-bond donors (Lipinski definition) is 1. The van der Waals surface area contributed by atoms with Crippen molar-refractivity contribution in [1.29, 1.82) is 0 Å². The number of hydrogen-bond acceptors (Lipinski definition) is 5. The van der Waals surface area contributed by atoms with E-state index in [1.165, 1.54) is 96.3 Å². The molecule has 5 heteroatoms. The maximum absolute atomic E-state index is 12.2. The van der Waals surface area contributed by atoms with Crippen LogP contribution >= 0.6 is 0 Å². The highest BCUT2D eigenvalue weighted by molar-refractivity contribution is 5.70. The minimum absolute atomic E-state index is 0.0776. The molecule has 0 aromatic carbocycles. The predicted octanol–water partition coefficient (Wildman–Crippen LogP) is 12.2. The van der Waals surface area contributed by atoms with E-state index in [2.05, 4.69) is 62.5 Å². The van der Waals surface area contributed by atoms with E-state index in [0.717, 1.165) is 64.2 Å². The van der Waals surface area contributed by atoms with Crippen molar-refractivity contribution in [3.8, 4) is 0 Å². The molecule has 0 bridgehead atoms. The van der Waals surface area contributed by atoms with E-state index in [4.69, 9.17) is 9.47 Å². The van der Waals surface area contributed by atoms with E-state index in [9.17, 15) is 14.7 Å². The maximum atomic E-state index is 12.2. The fourth-order valence-corrected chi connectivity index (χ4v) is 5.36. The number of allylic oxidation sites excluding steroid dienone is 8. The van der Waals surface area contributed by atoms with Crippen LogP contribution in [-0.2, 0) is 19.1 Å². The second-order valence-corrected chi connectivity index (χ2v) is 13.0. The number of carbonyl (C=O) groups is 2. The van der Waals surface area contributed by atoms with Gasteiger partial charge in [-0.1, -0.05) is 165 Å². The summed E-state index contributed by atoms with van der Waals surface area (Å²) in [6.45, 7) is 4.08. The monoisotopic (exact) mass is 659 g/mol. The molecule has 0 aliphatic carbocycles. The molecule has 0 spiro atoms. The molecule has 0 aromatic rings. The van der Waals surface area contributed by atoms with Crippen LogP contribution in [0.15, 0.2) is 48.6 Å². The van der Waals surface area contributed by atoms with Crippen molar-refractivity contribution in [1.82, 2.24) is 0 Å². The fourth-order valence-electron chi connectivity index (χ4n) is 5.36. The number of ether oxygens (including phenoxy) is 2. The molecule has 272 valence electrons. The number of aliphatic hydroxyl groups excluding tert-OH is 1. The number of rotatable bonds is 35. The molecular weight excluding hydrogens is 584 g/mol. The molecule has 0 saturated carbocycles. The van der Waals surface area contributed by atoms with Crippen LogP contribution in [0.25, 0.3) is 0 Å². The largest absolute Gasteiger partial charge is 0.462 e. The quantitative estimate of drug-likeness (QED) is 0.0417. The maximum Gasteiger partial charge on any atom is 0.306 e. The van der Waals surface area contributed by atoms with Crippen molar-refractivity contribution in [3.63, 3.8) is 0 Å². The van der Waals surface area contributed by atoms with Gasteiger partial charge in [-0.15, -0.1) is 0 Å². The van der Waals surface area contributed by atoms with Gasteiger partial charge in [0.2, 0.25) is 0 Å². The predicted molar refractivity (Wildman–Crippen MR) is 200 cm³/mol. The molecule has 47 heavy (non-hydrogen) atoms. The zero-order chi connectivity index (χ0) is 34.3. The minimum Gasteiger partial charge on any atom is -0.462 e. The van der Waals surface area contributed by atoms with Gasteiger partial charge in [-0.25, -0.2) is 0 Å². The highest BCUT2D eigenvalue weighted by Crippen LogP contribution is 2.14. The van der Waals surface area contributed by atoms with Crippen LogP contribution in [0.4, 0.5) is 0 Å². The average Bonchev–Trinajstić information content (AvgIpc) is 3.07. The molecule has 0 rings (SSSR count). The van der Waals surface area contributed by atoms with Gasteiger partial charge in [0, 0.05) is 12.8 Å². The van der Waals surface area contributed by atoms with Crippen LogP contribution < -0.4 is 0 Å². The zero-order valence-corrected chi connectivity index (χ0v) is 30.8. The lowest BCUT2D eigenvalue weighted by Gasteiger charge is -2.15.